The number of benzene rings is 2. The maximum atomic E-state index is 12.3. The summed E-state index contributed by atoms with van der Waals surface area (Å²) in [7, 11) is 0. The highest BCUT2D eigenvalue weighted by Gasteiger charge is 2.70. The monoisotopic (exact) mass is 433 g/mol. The summed E-state index contributed by atoms with van der Waals surface area (Å²) in [5, 5.41) is 12.7. The van der Waals surface area contributed by atoms with Crippen LogP contribution >= 0.6 is 0 Å². The molecule has 1 saturated carbocycles. The molecule has 4 rings (SSSR count). The van der Waals surface area contributed by atoms with Gasteiger partial charge in [-0.3, -0.25) is 5.32 Å². The van der Waals surface area contributed by atoms with Gasteiger partial charge in [0.1, 0.15) is 12.2 Å². The van der Waals surface area contributed by atoms with Gasteiger partial charge in [0, 0.05) is 30.6 Å². The maximum Gasteiger partial charge on any atom is 0.411 e. The summed E-state index contributed by atoms with van der Waals surface area (Å²) >= 11 is 0. The van der Waals surface area contributed by atoms with Crippen LogP contribution < -0.4 is 5.32 Å². The van der Waals surface area contributed by atoms with Gasteiger partial charge in [0.05, 0.1) is 11.5 Å². The Bertz CT molecular complexity index is 1030. The first-order chi connectivity index (χ1) is 15.2. The third-order valence-electron chi connectivity index (χ3n) is 6.04. The molecule has 1 aliphatic heterocycles. The van der Waals surface area contributed by atoms with Crippen LogP contribution in [0.1, 0.15) is 31.9 Å². The predicted octanol–water partition coefficient (Wildman–Crippen LogP) is 4.69. The summed E-state index contributed by atoms with van der Waals surface area (Å²) in [6.45, 7) is 6.74. The van der Waals surface area contributed by atoms with Gasteiger partial charge in [-0.05, 0) is 44.0 Å². The number of nitrogens with zero attached hydrogens (tertiary/aromatic N) is 2. The number of hydrogen-bond acceptors (Lipinski definition) is 5. The highest BCUT2D eigenvalue weighted by Crippen LogP contribution is 2.63. The third-order valence-corrected chi connectivity index (χ3v) is 6.04. The Morgan fingerprint density at radius 2 is 1.72 bits per heavy atom. The third kappa shape index (κ3) is 4.26. The van der Waals surface area contributed by atoms with Crippen LogP contribution in [-0.2, 0) is 21.5 Å². The molecule has 2 aromatic carbocycles. The summed E-state index contributed by atoms with van der Waals surface area (Å²) in [4.78, 5) is 26.1. The molecule has 7 nitrogen and oxygen atoms in total. The van der Waals surface area contributed by atoms with Crippen LogP contribution in [0.25, 0.3) is 0 Å². The molecular weight excluding hydrogens is 406 g/mol. The minimum atomic E-state index is -0.592. The molecule has 0 aromatic heterocycles. The van der Waals surface area contributed by atoms with Gasteiger partial charge in [0.2, 0.25) is 0 Å². The number of ether oxygens (including phenoxy) is 2. The summed E-state index contributed by atoms with van der Waals surface area (Å²) < 4.78 is 10.7. The fraction of sp³-hybridized carbons (Fsp3) is 0.400. The Hall–Kier alpha value is -3.53. The van der Waals surface area contributed by atoms with Gasteiger partial charge in [-0.25, -0.2) is 9.59 Å². The zero-order chi connectivity index (χ0) is 22.9. The van der Waals surface area contributed by atoms with E-state index in [1.807, 2.05) is 63.2 Å². The molecule has 32 heavy (non-hydrogen) atoms. The van der Waals surface area contributed by atoms with Crippen LogP contribution in [0.4, 0.5) is 15.3 Å². The average Bonchev–Trinajstić information content (AvgIpc) is 3.12. The molecule has 0 radical (unpaired) electrons. The average molecular weight is 434 g/mol. The second-order valence-corrected chi connectivity index (χ2v) is 9.34. The summed E-state index contributed by atoms with van der Waals surface area (Å²) in [6, 6.07) is 19.2. The van der Waals surface area contributed by atoms with Crippen LogP contribution in [0.3, 0.4) is 0 Å². The molecule has 1 saturated heterocycles. The van der Waals surface area contributed by atoms with Crippen molar-refractivity contribution in [3.63, 3.8) is 0 Å². The molecule has 7 heteroatoms. The van der Waals surface area contributed by atoms with E-state index in [1.54, 1.807) is 17.0 Å². The fourth-order valence-electron chi connectivity index (χ4n) is 4.47. The van der Waals surface area contributed by atoms with E-state index < -0.39 is 17.1 Å². The van der Waals surface area contributed by atoms with E-state index in [4.69, 9.17) is 9.47 Å². The van der Waals surface area contributed by atoms with Crippen molar-refractivity contribution >= 4 is 17.9 Å². The standard InChI is InChI=1S/C25H27N3O4/c1-24(2,3)32-23(30)28-13-20-21(14-28)25(20,16-26)18-9-11-19(12-10-18)27-22(29)31-15-17-7-5-4-6-8-17/h4-12,20-21H,13-15H2,1-3H3,(H,27,29)/t20-,21+,25?. The van der Waals surface area contributed by atoms with E-state index in [1.165, 1.54) is 0 Å². The number of piperidine rings is 1. The first-order valence-corrected chi connectivity index (χ1v) is 10.7. The predicted molar refractivity (Wildman–Crippen MR) is 119 cm³/mol. The lowest BCUT2D eigenvalue weighted by Gasteiger charge is -2.27. The Kier molecular flexibility index (Phi) is 5.55. The van der Waals surface area contributed by atoms with E-state index in [9.17, 15) is 14.9 Å². The molecule has 1 N–H and O–H groups in total. The lowest BCUT2D eigenvalue weighted by Crippen LogP contribution is -2.38. The van der Waals surface area contributed by atoms with Crippen LogP contribution in [0.2, 0.25) is 0 Å². The van der Waals surface area contributed by atoms with Crippen molar-refractivity contribution < 1.29 is 19.1 Å². The number of nitrogens with one attached hydrogen (secondary N) is 1. The minimum absolute atomic E-state index is 0.0923. The van der Waals surface area contributed by atoms with E-state index >= 15 is 0 Å². The smallest absolute Gasteiger partial charge is 0.411 e. The molecule has 1 aliphatic carbocycles. The quantitative estimate of drug-likeness (QED) is 0.755. The molecule has 2 fully saturated rings. The van der Waals surface area contributed by atoms with Crippen molar-refractivity contribution in [1.82, 2.24) is 4.90 Å². The van der Waals surface area contributed by atoms with Crippen molar-refractivity contribution in [3.8, 4) is 6.07 Å². The molecule has 2 amide bonds. The summed E-state index contributed by atoms with van der Waals surface area (Å²) in [5.41, 5.74) is 1.28. The van der Waals surface area contributed by atoms with Crippen molar-refractivity contribution in [2.75, 3.05) is 18.4 Å². The SMILES string of the molecule is CC(C)(C)OC(=O)N1C[C@@H]2[C@H](C1)C2(C#N)c1ccc(NC(=O)OCc2ccccc2)cc1. The van der Waals surface area contributed by atoms with Crippen molar-refractivity contribution in [3.05, 3.63) is 65.7 Å². The molecule has 0 bridgehead atoms. The Morgan fingerprint density at radius 1 is 1.09 bits per heavy atom. The Labute approximate surface area is 187 Å². The van der Waals surface area contributed by atoms with Crippen molar-refractivity contribution in [2.24, 2.45) is 11.8 Å². The number of hydrogen-bond donors (Lipinski definition) is 1. The van der Waals surface area contributed by atoms with Gasteiger partial charge in [-0.15, -0.1) is 0 Å². The van der Waals surface area contributed by atoms with Crippen molar-refractivity contribution in [1.29, 1.82) is 5.26 Å². The normalized spacial score (nSPS) is 23.6. The first kappa shape index (κ1) is 21.7. The van der Waals surface area contributed by atoms with E-state index in [0.29, 0.717) is 18.8 Å². The molecule has 3 atom stereocenters. The van der Waals surface area contributed by atoms with Crippen molar-refractivity contribution in [2.45, 2.75) is 38.4 Å². The molecule has 2 aromatic rings. The Morgan fingerprint density at radius 3 is 2.28 bits per heavy atom. The second-order valence-electron chi connectivity index (χ2n) is 9.34. The van der Waals surface area contributed by atoms with Gasteiger partial charge in [0.15, 0.2) is 0 Å². The van der Waals surface area contributed by atoms with Gasteiger partial charge in [-0.2, -0.15) is 5.26 Å². The second kappa shape index (κ2) is 8.19. The lowest BCUT2D eigenvalue weighted by atomic mass is 9.91. The number of carbonyl (C=O) groups excluding carboxylic acids is 2. The number of anilines is 1. The largest absolute Gasteiger partial charge is 0.444 e. The number of amides is 2. The number of likely N-dealkylation sites (tertiary alicyclic amines) is 1. The van der Waals surface area contributed by atoms with Crippen LogP contribution in [0.15, 0.2) is 54.6 Å². The van der Waals surface area contributed by atoms with E-state index in [2.05, 4.69) is 11.4 Å². The summed E-state index contributed by atoms with van der Waals surface area (Å²) in [5.74, 6) is 0.185. The van der Waals surface area contributed by atoms with Crippen LogP contribution in [0.5, 0.6) is 0 Å². The Balaban J connectivity index is 1.33. The zero-order valence-electron chi connectivity index (χ0n) is 18.5. The number of rotatable bonds is 4. The van der Waals surface area contributed by atoms with E-state index in [-0.39, 0.29) is 24.5 Å². The molecule has 0 spiro atoms. The summed E-state index contributed by atoms with van der Waals surface area (Å²) in [6.07, 6.45) is -0.863. The van der Waals surface area contributed by atoms with Crippen LogP contribution in [0, 0.1) is 23.2 Å². The lowest BCUT2D eigenvalue weighted by molar-refractivity contribution is 0.0266. The van der Waals surface area contributed by atoms with Gasteiger partial charge >= 0.3 is 12.2 Å². The van der Waals surface area contributed by atoms with Gasteiger partial charge in [0.25, 0.3) is 0 Å². The number of nitriles is 1. The number of carbonyl (C=O) groups is 2. The van der Waals surface area contributed by atoms with Gasteiger partial charge < -0.3 is 14.4 Å². The molecule has 1 heterocycles. The molecule has 166 valence electrons. The maximum absolute atomic E-state index is 12.3. The van der Waals surface area contributed by atoms with Gasteiger partial charge in [-0.1, -0.05) is 42.5 Å². The van der Waals surface area contributed by atoms with E-state index in [0.717, 1.165) is 11.1 Å². The fourth-order valence-corrected chi connectivity index (χ4v) is 4.47. The molecular formula is C25H27N3O4. The highest BCUT2D eigenvalue weighted by atomic mass is 16.6. The molecule has 2 aliphatic rings. The first-order valence-electron chi connectivity index (χ1n) is 10.7. The zero-order valence-corrected chi connectivity index (χ0v) is 18.5. The van der Waals surface area contributed by atoms with Crippen LogP contribution in [-0.4, -0.2) is 35.8 Å². The topological polar surface area (TPSA) is 91.7 Å². The highest BCUT2D eigenvalue weighted by molar-refractivity contribution is 5.84. The minimum Gasteiger partial charge on any atom is -0.444 e. The number of fused-ring (bicyclic) bond motifs is 1. The molecule has 1 unspecified atom stereocenters.